The molecule has 0 aliphatic carbocycles. The highest BCUT2D eigenvalue weighted by Gasteiger charge is 2.06. The maximum absolute atomic E-state index is 11.7. The van der Waals surface area contributed by atoms with Crippen LogP contribution in [0, 0.1) is 0 Å². The lowest BCUT2D eigenvalue weighted by Crippen LogP contribution is -2.14. The predicted octanol–water partition coefficient (Wildman–Crippen LogP) is 2.81. The summed E-state index contributed by atoms with van der Waals surface area (Å²) in [6.07, 6.45) is 3.08. The zero-order valence-electron chi connectivity index (χ0n) is 12.9. The predicted molar refractivity (Wildman–Crippen MR) is 90.5 cm³/mol. The number of carbonyl (C=O) groups excluding carboxylic acids is 1. The average molecular weight is 320 g/mol. The average Bonchev–Trinajstić information content (AvgIpc) is 2.67. The maximum atomic E-state index is 11.7. The zero-order valence-corrected chi connectivity index (χ0v) is 12.9. The number of rotatable bonds is 6. The van der Waals surface area contributed by atoms with Gasteiger partial charge in [0.2, 0.25) is 0 Å². The highest BCUT2D eigenvalue weighted by molar-refractivity contribution is 5.88. The number of benzene rings is 1. The van der Waals surface area contributed by atoms with E-state index in [1.54, 1.807) is 18.3 Å². The lowest BCUT2D eigenvalue weighted by atomic mass is 10.1. The summed E-state index contributed by atoms with van der Waals surface area (Å²) in [5.74, 6) is 0.238. The Morgan fingerprint density at radius 1 is 1.00 bits per heavy atom. The van der Waals surface area contributed by atoms with Crippen LogP contribution in [0.15, 0.2) is 67.0 Å². The minimum absolute atomic E-state index is 0.232. The molecule has 0 aliphatic rings. The molecule has 24 heavy (non-hydrogen) atoms. The van der Waals surface area contributed by atoms with Crippen LogP contribution in [0.5, 0.6) is 0 Å². The second kappa shape index (κ2) is 7.82. The van der Waals surface area contributed by atoms with E-state index >= 15 is 0 Å². The van der Waals surface area contributed by atoms with Gasteiger partial charge in [0, 0.05) is 18.0 Å². The number of nitrogens with one attached hydrogen (secondary N) is 1. The molecule has 0 spiro atoms. The van der Waals surface area contributed by atoms with Crippen LogP contribution in [-0.4, -0.2) is 34.3 Å². The fourth-order valence-electron chi connectivity index (χ4n) is 2.08. The molecule has 3 rings (SSSR count). The lowest BCUT2D eigenvalue weighted by Gasteiger charge is -2.07. The minimum atomic E-state index is -0.393. The van der Waals surface area contributed by atoms with Gasteiger partial charge in [-0.05, 0) is 24.3 Å². The van der Waals surface area contributed by atoms with Crippen molar-refractivity contribution in [3.63, 3.8) is 0 Å². The van der Waals surface area contributed by atoms with Gasteiger partial charge in [-0.15, -0.1) is 10.2 Å². The Hall–Kier alpha value is -3.28. The Labute approximate surface area is 139 Å². The molecule has 0 saturated carbocycles. The molecule has 0 atom stereocenters. The number of pyridine rings is 1. The third kappa shape index (κ3) is 4.13. The van der Waals surface area contributed by atoms with E-state index < -0.39 is 5.97 Å². The fraction of sp³-hybridized carbons (Fsp3) is 0.111. The lowest BCUT2D eigenvalue weighted by molar-refractivity contribution is 0.0520. The van der Waals surface area contributed by atoms with Crippen molar-refractivity contribution in [1.82, 2.24) is 15.2 Å². The van der Waals surface area contributed by atoms with Crippen LogP contribution in [-0.2, 0) is 4.74 Å². The molecule has 3 aromatic rings. The number of hydrogen-bond acceptors (Lipinski definition) is 6. The molecule has 6 nitrogen and oxygen atoms in total. The topological polar surface area (TPSA) is 77.0 Å². The number of anilines is 1. The first-order chi connectivity index (χ1) is 11.8. The van der Waals surface area contributed by atoms with Gasteiger partial charge in [0.15, 0.2) is 0 Å². The molecule has 120 valence electrons. The van der Waals surface area contributed by atoms with E-state index in [0.29, 0.717) is 17.9 Å². The van der Waals surface area contributed by atoms with Crippen molar-refractivity contribution in [3.05, 3.63) is 72.6 Å². The zero-order chi connectivity index (χ0) is 16.6. The van der Waals surface area contributed by atoms with E-state index in [1.165, 1.54) is 6.20 Å². The van der Waals surface area contributed by atoms with E-state index in [4.69, 9.17) is 4.74 Å². The summed E-state index contributed by atoms with van der Waals surface area (Å²) in [4.78, 5) is 15.6. The summed E-state index contributed by atoms with van der Waals surface area (Å²) in [6.45, 7) is 0.682. The Morgan fingerprint density at radius 3 is 2.58 bits per heavy atom. The minimum Gasteiger partial charge on any atom is -0.460 e. The second-order valence-corrected chi connectivity index (χ2v) is 4.97. The van der Waals surface area contributed by atoms with Gasteiger partial charge in [-0.2, -0.15) is 0 Å². The molecule has 0 unspecified atom stereocenters. The van der Waals surface area contributed by atoms with Crippen LogP contribution in [0.2, 0.25) is 0 Å². The van der Waals surface area contributed by atoms with Crippen LogP contribution in [0.4, 0.5) is 5.82 Å². The quantitative estimate of drug-likeness (QED) is 0.556. The van der Waals surface area contributed by atoms with Crippen LogP contribution in [0.3, 0.4) is 0 Å². The summed E-state index contributed by atoms with van der Waals surface area (Å²) in [5, 5.41) is 11.4. The van der Waals surface area contributed by atoms with Crippen LogP contribution in [0.25, 0.3) is 11.3 Å². The van der Waals surface area contributed by atoms with Gasteiger partial charge in [-0.3, -0.25) is 4.98 Å². The molecule has 0 amide bonds. The molecule has 0 radical (unpaired) electrons. The highest BCUT2D eigenvalue weighted by atomic mass is 16.5. The number of hydrogen-bond donors (Lipinski definition) is 1. The molecule has 0 fully saturated rings. The van der Waals surface area contributed by atoms with Gasteiger partial charge < -0.3 is 10.1 Å². The molecule has 2 heterocycles. The molecular weight excluding hydrogens is 304 g/mol. The number of esters is 1. The fourth-order valence-corrected chi connectivity index (χ4v) is 2.08. The molecule has 1 N–H and O–H groups in total. The van der Waals surface area contributed by atoms with Gasteiger partial charge in [0.05, 0.1) is 17.8 Å². The SMILES string of the molecule is O=C(OCCNc1ccc(-c2ccccc2)nn1)c1cccnc1. The summed E-state index contributed by atoms with van der Waals surface area (Å²) >= 11 is 0. The first-order valence-corrected chi connectivity index (χ1v) is 7.53. The largest absolute Gasteiger partial charge is 0.460 e. The number of aromatic nitrogens is 3. The first-order valence-electron chi connectivity index (χ1n) is 7.53. The van der Waals surface area contributed by atoms with Gasteiger partial charge in [-0.1, -0.05) is 30.3 Å². The van der Waals surface area contributed by atoms with Crippen molar-refractivity contribution in [2.45, 2.75) is 0 Å². The summed E-state index contributed by atoms with van der Waals surface area (Å²) in [5.41, 5.74) is 2.26. The summed E-state index contributed by atoms with van der Waals surface area (Å²) in [7, 11) is 0. The van der Waals surface area contributed by atoms with E-state index in [2.05, 4.69) is 20.5 Å². The number of ether oxygens (including phenoxy) is 1. The molecule has 0 saturated heterocycles. The Bertz CT molecular complexity index is 777. The van der Waals surface area contributed by atoms with Crippen molar-refractivity contribution in [2.24, 2.45) is 0 Å². The standard InChI is InChI=1S/C18H16N4O2/c23-18(15-7-4-10-19-13-15)24-12-11-20-17-9-8-16(21-22-17)14-5-2-1-3-6-14/h1-10,13H,11-12H2,(H,20,22). The Kier molecular flexibility index (Phi) is 5.09. The van der Waals surface area contributed by atoms with E-state index in [0.717, 1.165) is 11.3 Å². The van der Waals surface area contributed by atoms with Crippen LogP contribution in [0.1, 0.15) is 10.4 Å². The molecule has 6 heteroatoms. The van der Waals surface area contributed by atoms with Crippen molar-refractivity contribution in [3.8, 4) is 11.3 Å². The van der Waals surface area contributed by atoms with Gasteiger partial charge in [-0.25, -0.2) is 4.79 Å². The van der Waals surface area contributed by atoms with Gasteiger partial charge >= 0.3 is 5.97 Å². The van der Waals surface area contributed by atoms with Gasteiger partial charge in [0.1, 0.15) is 12.4 Å². The third-order valence-electron chi connectivity index (χ3n) is 3.27. The van der Waals surface area contributed by atoms with Gasteiger partial charge in [0.25, 0.3) is 0 Å². The normalized spacial score (nSPS) is 10.2. The Balaban J connectivity index is 1.46. The van der Waals surface area contributed by atoms with E-state index in [9.17, 15) is 4.79 Å². The smallest absolute Gasteiger partial charge is 0.339 e. The highest BCUT2D eigenvalue weighted by Crippen LogP contribution is 2.16. The van der Waals surface area contributed by atoms with Crippen molar-refractivity contribution < 1.29 is 9.53 Å². The van der Waals surface area contributed by atoms with E-state index in [1.807, 2.05) is 42.5 Å². The third-order valence-corrected chi connectivity index (χ3v) is 3.27. The number of nitrogens with zero attached hydrogens (tertiary/aromatic N) is 3. The second-order valence-electron chi connectivity index (χ2n) is 4.97. The molecule has 1 aromatic carbocycles. The summed E-state index contributed by atoms with van der Waals surface area (Å²) in [6, 6.07) is 16.9. The van der Waals surface area contributed by atoms with Crippen molar-refractivity contribution in [1.29, 1.82) is 0 Å². The van der Waals surface area contributed by atoms with E-state index in [-0.39, 0.29) is 6.61 Å². The monoisotopic (exact) mass is 320 g/mol. The summed E-state index contributed by atoms with van der Waals surface area (Å²) < 4.78 is 5.15. The molecule has 2 aromatic heterocycles. The Morgan fingerprint density at radius 2 is 1.88 bits per heavy atom. The maximum Gasteiger partial charge on any atom is 0.339 e. The van der Waals surface area contributed by atoms with Crippen molar-refractivity contribution >= 4 is 11.8 Å². The van der Waals surface area contributed by atoms with Crippen LogP contribution >= 0.6 is 0 Å². The van der Waals surface area contributed by atoms with Crippen molar-refractivity contribution in [2.75, 3.05) is 18.5 Å². The molecular formula is C18H16N4O2. The number of carbonyl (C=O) groups is 1. The first kappa shape index (κ1) is 15.6. The molecule has 0 aliphatic heterocycles. The van der Waals surface area contributed by atoms with Crippen LogP contribution < -0.4 is 5.32 Å². The molecule has 0 bridgehead atoms.